The zero-order valence-electron chi connectivity index (χ0n) is 12.1. The second-order valence-corrected chi connectivity index (χ2v) is 4.85. The highest BCUT2D eigenvalue weighted by Crippen LogP contribution is 2.16. The Kier molecular flexibility index (Phi) is 4.41. The van der Waals surface area contributed by atoms with E-state index in [1.54, 1.807) is 18.2 Å². The minimum Gasteiger partial charge on any atom is -0.351 e. The summed E-state index contributed by atoms with van der Waals surface area (Å²) in [5.74, 6) is 0.368. The van der Waals surface area contributed by atoms with Gasteiger partial charge in [-0.3, -0.25) is 9.89 Å². The lowest BCUT2D eigenvalue weighted by Gasteiger charge is -2.01. The molecule has 23 heavy (non-hydrogen) atoms. The first-order chi connectivity index (χ1) is 11.2. The minimum atomic E-state index is -0.314. The molecule has 1 amide bonds. The molecule has 0 saturated heterocycles. The van der Waals surface area contributed by atoms with Crippen LogP contribution >= 0.6 is 0 Å². The molecule has 0 fully saturated rings. The summed E-state index contributed by atoms with van der Waals surface area (Å²) in [5.41, 5.74) is 1.11. The van der Waals surface area contributed by atoms with E-state index < -0.39 is 0 Å². The molecule has 0 bridgehead atoms. The highest BCUT2D eigenvalue weighted by atomic mass is 19.1. The van der Waals surface area contributed by atoms with Crippen LogP contribution in [-0.2, 0) is 6.42 Å². The second kappa shape index (κ2) is 6.82. The molecule has 0 aliphatic rings. The topological polar surface area (TPSA) is 96.7 Å². The minimum absolute atomic E-state index is 0.208. The number of carbonyl (C=O) groups is 1. The van der Waals surface area contributed by atoms with Gasteiger partial charge in [0.05, 0.1) is 0 Å². The fourth-order valence-corrected chi connectivity index (χ4v) is 1.99. The first-order valence-corrected chi connectivity index (χ1v) is 7.08. The first kappa shape index (κ1) is 14.9. The summed E-state index contributed by atoms with van der Waals surface area (Å²) in [6.45, 7) is 0.478. The number of nitrogens with zero attached hydrogens (tertiary/aromatic N) is 3. The summed E-state index contributed by atoms with van der Waals surface area (Å²) in [5, 5.41) is 12.9. The van der Waals surface area contributed by atoms with Gasteiger partial charge in [-0.2, -0.15) is 10.1 Å². The highest BCUT2D eigenvalue weighted by Gasteiger charge is 2.09. The number of aromatic nitrogens is 4. The fourth-order valence-electron chi connectivity index (χ4n) is 1.99. The Labute approximate surface area is 130 Å². The van der Waals surface area contributed by atoms with E-state index in [9.17, 15) is 9.18 Å². The van der Waals surface area contributed by atoms with Gasteiger partial charge in [-0.1, -0.05) is 5.16 Å². The Morgan fingerprint density at radius 3 is 2.83 bits per heavy atom. The molecular formula is C15H14FN5O2. The molecule has 0 radical (unpaired) electrons. The zero-order chi connectivity index (χ0) is 16.1. The largest absolute Gasteiger partial charge is 0.351 e. The third-order valence-electron chi connectivity index (χ3n) is 3.17. The van der Waals surface area contributed by atoms with Gasteiger partial charge >= 0.3 is 0 Å². The van der Waals surface area contributed by atoms with Gasteiger partial charge in [0.25, 0.3) is 5.91 Å². The number of halogens is 1. The summed E-state index contributed by atoms with van der Waals surface area (Å²) in [6, 6.07) is 7.47. The van der Waals surface area contributed by atoms with E-state index in [2.05, 4.69) is 25.7 Å². The lowest BCUT2D eigenvalue weighted by atomic mass is 10.2. The van der Waals surface area contributed by atoms with Crippen molar-refractivity contribution in [3.8, 4) is 11.4 Å². The van der Waals surface area contributed by atoms with E-state index >= 15 is 0 Å². The van der Waals surface area contributed by atoms with Crippen molar-refractivity contribution in [2.45, 2.75) is 12.8 Å². The smallest absolute Gasteiger partial charge is 0.269 e. The van der Waals surface area contributed by atoms with Crippen molar-refractivity contribution in [1.29, 1.82) is 0 Å². The number of benzene rings is 1. The van der Waals surface area contributed by atoms with Crippen LogP contribution in [0.5, 0.6) is 0 Å². The number of rotatable bonds is 6. The van der Waals surface area contributed by atoms with Gasteiger partial charge in [0.15, 0.2) is 0 Å². The molecule has 0 saturated carbocycles. The predicted molar refractivity (Wildman–Crippen MR) is 78.9 cm³/mol. The molecule has 2 aromatic heterocycles. The van der Waals surface area contributed by atoms with Crippen molar-refractivity contribution >= 4 is 5.91 Å². The van der Waals surface area contributed by atoms with E-state index in [4.69, 9.17) is 4.52 Å². The van der Waals surface area contributed by atoms with Crippen molar-refractivity contribution in [1.82, 2.24) is 25.7 Å². The van der Waals surface area contributed by atoms with Crippen LogP contribution in [-0.4, -0.2) is 32.8 Å². The number of hydrogen-bond donors (Lipinski definition) is 2. The fraction of sp³-hybridized carbons (Fsp3) is 0.200. The first-order valence-electron chi connectivity index (χ1n) is 7.08. The Hall–Kier alpha value is -3.03. The van der Waals surface area contributed by atoms with Crippen molar-refractivity contribution in [2.24, 2.45) is 0 Å². The van der Waals surface area contributed by atoms with Crippen LogP contribution in [0.4, 0.5) is 4.39 Å². The Bertz CT molecular complexity index is 768. The van der Waals surface area contributed by atoms with E-state index in [1.807, 2.05) is 0 Å². The van der Waals surface area contributed by atoms with Crippen LogP contribution in [0.25, 0.3) is 11.4 Å². The van der Waals surface area contributed by atoms with E-state index in [0.29, 0.717) is 42.4 Å². The third-order valence-corrected chi connectivity index (χ3v) is 3.17. The molecule has 2 heterocycles. The lowest BCUT2D eigenvalue weighted by molar-refractivity contribution is 0.0948. The lowest BCUT2D eigenvalue weighted by Crippen LogP contribution is -2.25. The Morgan fingerprint density at radius 1 is 1.26 bits per heavy atom. The van der Waals surface area contributed by atoms with Crippen molar-refractivity contribution in [3.63, 3.8) is 0 Å². The van der Waals surface area contributed by atoms with Crippen molar-refractivity contribution in [3.05, 3.63) is 53.9 Å². The van der Waals surface area contributed by atoms with Crippen LogP contribution in [0.15, 0.2) is 41.1 Å². The molecule has 0 spiro atoms. The number of H-pyrrole nitrogens is 1. The summed E-state index contributed by atoms with van der Waals surface area (Å²) in [6.07, 6.45) is 2.71. The van der Waals surface area contributed by atoms with Crippen LogP contribution < -0.4 is 5.32 Å². The molecule has 0 aliphatic carbocycles. The summed E-state index contributed by atoms with van der Waals surface area (Å²) >= 11 is 0. The molecule has 118 valence electrons. The van der Waals surface area contributed by atoms with Gasteiger partial charge in [-0.05, 0) is 36.8 Å². The van der Waals surface area contributed by atoms with E-state index in [0.717, 1.165) is 0 Å². The Balaban J connectivity index is 1.48. The molecule has 0 atom stereocenters. The standard InChI is InChI=1S/C15H14FN5O2/c16-11-5-3-10(4-6-11)14-19-13(23-21-14)2-1-8-17-15(22)12-7-9-18-20-12/h3-7,9H,1-2,8H2,(H,17,22)(H,18,20). The van der Waals surface area contributed by atoms with Gasteiger partial charge < -0.3 is 9.84 Å². The average Bonchev–Trinajstić information content (AvgIpc) is 3.24. The number of aromatic amines is 1. The average molecular weight is 315 g/mol. The van der Waals surface area contributed by atoms with Gasteiger partial charge in [0.2, 0.25) is 11.7 Å². The zero-order valence-corrected chi connectivity index (χ0v) is 12.1. The predicted octanol–water partition coefficient (Wildman–Crippen LogP) is 1.96. The van der Waals surface area contributed by atoms with Gasteiger partial charge in [0.1, 0.15) is 11.5 Å². The molecule has 2 N–H and O–H groups in total. The SMILES string of the molecule is O=C(NCCCc1nc(-c2ccc(F)cc2)no1)c1ccn[nH]1. The number of aryl methyl sites for hydroxylation is 1. The second-order valence-electron chi connectivity index (χ2n) is 4.85. The molecule has 0 unspecified atom stereocenters. The van der Waals surface area contributed by atoms with Gasteiger partial charge in [-0.15, -0.1) is 0 Å². The van der Waals surface area contributed by atoms with E-state index in [-0.39, 0.29) is 11.7 Å². The normalized spacial score (nSPS) is 10.7. The van der Waals surface area contributed by atoms with Crippen molar-refractivity contribution in [2.75, 3.05) is 6.54 Å². The van der Waals surface area contributed by atoms with Crippen LogP contribution in [0, 0.1) is 5.82 Å². The maximum Gasteiger partial charge on any atom is 0.269 e. The molecule has 3 rings (SSSR count). The monoisotopic (exact) mass is 315 g/mol. The molecule has 7 nitrogen and oxygen atoms in total. The highest BCUT2D eigenvalue weighted by molar-refractivity contribution is 5.92. The number of amides is 1. The van der Waals surface area contributed by atoms with Gasteiger partial charge in [-0.25, -0.2) is 4.39 Å². The maximum atomic E-state index is 12.9. The van der Waals surface area contributed by atoms with Crippen molar-refractivity contribution < 1.29 is 13.7 Å². The van der Waals surface area contributed by atoms with Crippen LogP contribution in [0.3, 0.4) is 0 Å². The van der Waals surface area contributed by atoms with Crippen LogP contribution in [0.1, 0.15) is 22.8 Å². The Morgan fingerprint density at radius 2 is 2.09 bits per heavy atom. The maximum absolute atomic E-state index is 12.9. The van der Waals surface area contributed by atoms with E-state index in [1.165, 1.54) is 18.3 Å². The summed E-state index contributed by atoms with van der Waals surface area (Å²) < 4.78 is 18.0. The number of carbonyl (C=O) groups excluding carboxylic acids is 1. The molecule has 3 aromatic rings. The molecule has 1 aromatic carbocycles. The van der Waals surface area contributed by atoms with Crippen LogP contribution in [0.2, 0.25) is 0 Å². The molecule has 0 aliphatic heterocycles. The quantitative estimate of drug-likeness (QED) is 0.678. The molecular weight excluding hydrogens is 301 g/mol. The number of nitrogens with one attached hydrogen (secondary N) is 2. The summed E-state index contributed by atoms with van der Waals surface area (Å²) in [4.78, 5) is 15.9. The van der Waals surface area contributed by atoms with Gasteiger partial charge in [0, 0.05) is 24.7 Å². The molecule has 8 heteroatoms. The third kappa shape index (κ3) is 3.79. The number of hydrogen-bond acceptors (Lipinski definition) is 5. The summed E-state index contributed by atoms with van der Waals surface area (Å²) in [7, 11) is 0.